The van der Waals surface area contributed by atoms with Gasteiger partial charge in [-0.05, 0) is 13.0 Å². The topological polar surface area (TPSA) is 50.7 Å². The normalized spacial score (nSPS) is 10.2. The molecule has 0 fully saturated rings. The fourth-order valence-electron chi connectivity index (χ4n) is 1.40. The van der Waals surface area contributed by atoms with Crippen molar-refractivity contribution in [2.45, 2.75) is 13.5 Å². The Kier molecular flexibility index (Phi) is 4.20. The number of nitrogens with one attached hydrogen (secondary N) is 1. The summed E-state index contributed by atoms with van der Waals surface area (Å²) in [4.78, 5) is 0. The molecule has 0 unspecified atom stereocenters. The van der Waals surface area contributed by atoms with Gasteiger partial charge in [0, 0.05) is 17.7 Å². The zero-order valence-corrected chi connectivity index (χ0v) is 9.68. The first-order chi connectivity index (χ1) is 7.15. The van der Waals surface area contributed by atoms with Crippen LogP contribution >= 0.6 is 11.6 Å². The van der Waals surface area contributed by atoms with Gasteiger partial charge in [0.05, 0.1) is 19.2 Å². The predicted octanol–water partition coefficient (Wildman–Crippen LogP) is 2.14. The molecule has 1 aromatic carbocycles. The van der Waals surface area contributed by atoms with Gasteiger partial charge in [0.15, 0.2) is 0 Å². The van der Waals surface area contributed by atoms with E-state index in [0.29, 0.717) is 16.5 Å². The molecule has 0 amide bonds. The summed E-state index contributed by atoms with van der Waals surface area (Å²) in [6, 6.07) is 1.78. The van der Waals surface area contributed by atoms with Crippen molar-refractivity contribution in [1.82, 2.24) is 5.48 Å². The Labute approximate surface area is 93.7 Å². The molecule has 84 valence electrons. The quantitative estimate of drug-likeness (QED) is 0.780. The van der Waals surface area contributed by atoms with Crippen molar-refractivity contribution < 1.29 is 14.7 Å². The summed E-state index contributed by atoms with van der Waals surface area (Å²) < 4.78 is 10.3. The number of hydrogen-bond donors (Lipinski definition) is 2. The number of benzene rings is 1. The van der Waals surface area contributed by atoms with Crippen LogP contribution in [0.5, 0.6) is 11.5 Å². The molecule has 4 nitrogen and oxygen atoms in total. The lowest BCUT2D eigenvalue weighted by Gasteiger charge is -2.14. The van der Waals surface area contributed by atoms with Crippen LogP contribution in [-0.4, -0.2) is 19.4 Å². The van der Waals surface area contributed by atoms with E-state index in [-0.39, 0.29) is 6.54 Å². The Morgan fingerprint density at radius 3 is 2.53 bits per heavy atom. The van der Waals surface area contributed by atoms with Gasteiger partial charge in [-0.2, -0.15) is 0 Å². The second-order valence-electron chi connectivity index (χ2n) is 3.05. The van der Waals surface area contributed by atoms with E-state index >= 15 is 0 Å². The molecule has 0 aromatic heterocycles. The van der Waals surface area contributed by atoms with E-state index in [1.54, 1.807) is 13.2 Å². The molecule has 5 heteroatoms. The minimum Gasteiger partial charge on any atom is -0.496 e. The van der Waals surface area contributed by atoms with Crippen LogP contribution < -0.4 is 15.0 Å². The first-order valence-corrected chi connectivity index (χ1v) is 4.80. The fourth-order valence-corrected chi connectivity index (χ4v) is 1.69. The lowest BCUT2D eigenvalue weighted by atomic mass is 10.1. The highest BCUT2D eigenvalue weighted by Crippen LogP contribution is 2.37. The first-order valence-electron chi connectivity index (χ1n) is 4.42. The van der Waals surface area contributed by atoms with Crippen LogP contribution in [0.4, 0.5) is 0 Å². The molecule has 0 aliphatic carbocycles. The Bertz CT molecular complexity index is 355. The van der Waals surface area contributed by atoms with Crippen molar-refractivity contribution in [3.8, 4) is 11.5 Å². The van der Waals surface area contributed by atoms with Gasteiger partial charge in [-0.15, -0.1) is 0 Å². The molecular formula is C10H14ClNO3. The van der Waals surface area contributed by atoms with E-state index in [1.165, 1.54) is 7.11 Å². The summed E-state index contributed by atoms with van der Waals surface area (Å²) >= 11 is 6.10. The minimum absolute atomic E-state index is 0.250. The summed E-state index contributed by atoms with van der Waals surface area (Å²) in [6.45, 7) is 2.10. The van der Waals surface area contributed by atoms with Crippen LogP contribution in [-0.2, 0) is 6.54 Å². The maximum absolute atomic E-state index is 8.67. The second-order valence-corrected chi connectivity index (χ2v) is 3.42. The molecule has 0 aliphatic rings. The van der Waals surface area contributed by atoms with Gasteiger partial charge in [-0.25, -0.2) is 5.48 Å². The predicted molar refractivity (Wildman–Crippen MR) is 57.9 cm³/mol. The van der Waals surface area contributed by atoms with Gasteiger partial charge in [0.25, 0.3) is 0 Å². The van der Waals surface area contributed by atoms with Gasteiger partial charge < -0.3 is 14.7 Å². The zero-order chi connectivity index (χ0) is 11.4. The SMILES string of the molecule is COc1cc(CNO)c(OC)c(Cl)c1C. The summed E-state index contributed by atoms with van der Waals surface area (Å²) in [5.74, 6) is 1.22. The molecule has 0 aliphatic heterocycles. The van der Waals surface area contributed by atoms with Crippen LogP contribution in [0.25, 0.3) is 0 Å². The van der Waals surface area contributed by atoms with Gasteiger partial charge in [-0.3, -0.25) is 0 Å². The van der Waals surface area contributed by atoms with Gasteiger partial charge in [0.2, 0.25) is 0 Å². The number of ether oxygens (including phenoxy) is 2. The highest BCUT2D eigenvalue weighted by molar-refractivity contribution is 6.33. The second kappa shape index (κ2) is 5.21. The standard InChI is InChI=1S/C10H14ClNO3/c1-6-8(14-2)4-7(5-12-13)10(15-3)9(6)11/h4,12-13H,5H2,1-3H3. The van der Waals surface area contributed by atoms with Gasteiger partial charge in [0.1, 0.15) is 11.5 Å². The van der Waals surface area contributed by atoms with Crippen molar-refractivity contribution in [2.75, 3.05) is 14.2 Å². The van der Waals surface area contributed by atoms with Crippen molar-refractivity contribution in [3.63, 3.8) is 0 Å². The molecule has 0 bridgehead atoms. The summed E-state index contributed by atoms with van der Waals surface area (Å²) in [5, 5.41) is 9.18. The van der Waals surface area contributed by atoms with Crippen LogP contribution in [0.3, 0.4) is 0 Å². The lowest BCUT2D eigenvalue weighted by molar-refractivity contribution is 0.160. The number of hydrogen-bond acceptors (Lipinski definition) is 4. The largest absolute Gasteiger partial charge is 0.496 e. The van der Waals surface area contributed by atoms with E-state index in [1.807, 2.05) is 6.92 Å². The average molecular weight is 232 g/mol. The first kappa shape index (κ1) is 12.1. The maximum Gasteiger partial charge on any atom is 0.142 e. The Morgan fingerprint density at radius 2 is 2.07 bits per heavy atom. The average Bonchev–Trinajstić information content (AvgIpc) is 2.24. The Morgan fingerprint density at radius 1 is 1.40 bits per heavy atom. The monoisotopic (exact) mass is 231 g/mol. The molecule has 0 spiro atoms. The highest BCUT2D eigenvalue weighted by Gasteiger charge is 2.14. The van der Waals surface area contributed by atoms with E-state index in [9.17, 15) is 0 Å². The van der Waals surface area contributed by atoms with Gasteiger partial charge >= 0.3 is 0 Å². The molecule has 1 rings (SSSR count). The molecule has 0 radical (unpaired) electrons. The van der Waals surface area contributed by atoms with Gasteiger partial charge in [-0.1, -0.05) is 11.6 Å². The molecule has 0 saturated carbocycles. The lowest BCUT2D eigenvalue weighted by Crippen LogP contribution is -2.08. The number of halogens is 1. The third-order valence-electron chi connectivity index (χ3n) is 2.19. The highest BCUT2D eigenvalue weighted by atomic mass is 35.5. The minimum atomic E-state index is 0.250. The zero-order valence-electron chi connectivity index (χ0n) is 8.93. The molecule has 0 heterocycles. The van der Waals surface area contributed by atoms with Crippen LogP contribution in [0.1, 0.15) is 11.1 Å². The van der Waals surface area contributed by atoms with Crippen LogP contribution in [0.2, 0.25) is 5.02 Å². The molecule has 0 saturated heterocycles. The van der Waals surface area contributed by atoms with E-state index < -0.39 is 0 Å². The fraction of sp³-hybridized carbons (Fsp3) is 0.400. The van der Waals surface area contributed by atoms with Crippen LogP contribution in [0.15, 0.2) is 6.07 Å². The molecular weight excluding hydrogens is 218 g/mol. The summed E-state index contributed by atoms with van der Waals surface area (Å²) in [7, 11) is 3.11. The van der Waals surface area contributed by atoms with Crippen molar-refractivity contribution >= 4 is 11.6 Å². The van der Waals surface area contributed by atoms with Crippen molar-refractivity contribution in [3.05, 3.63) is 22.2 Å². The van der Waals surface area contributed by atoms with E-state index in [2.05, 4.69) is 5.48 Å². The molecule has 0 atom stereocenters. The number of rotatable bonds is 4. The third-order valence-corrected chi connectivity index (χ3v) is 2.64. The molecule has 2 N–H and O–H groups in total. The number of hydroxylamine groups is 1. The summed E-state index contributed by atoms with van der Waals surface area (Å²) in [6.07, 6.45) is 0. The maximum atomic E-state index is 8.67. The Hall–Kier alpha value is -0.970. The van der Waals surface area contributed by atoms with E-state index in [4.69, 9.17) is 26.3 Å². The Balaban J connectivity index is 3.30. The third kappa shape index (κ3) is 2.34. The van der Waals surface area contributed by atoms with Crippen molar-refractivity contribution in [1.29, 1.82) is 0 Å². The number of methoxy groups -OCH3 is 2. The molecule has 15 heavy (non-hydrogen) atoms. The van der Waals surface area contributed by atoms with Crippen molar-refractivity contribution in [2.24, 2.45) is 0 Å². The van der Waals surface area contributed by atoms with E-state index in [0.717, 1.165) is 11.1 Å². The van der Waals surface area contributed by atoms with Crippen LogP contribution in [0, 0.1) is 6.92 Å². The molecule has 1 aromatic rings. The smallest absolute Gasteiger partial charge is 0.142 e. The summed E-state index contributed by atoms with van der Waals surface area (Å²) in [5.41, 5.74) is 3.62.